The maximum absolute atomic E-state index is 11.0. The van der Waals surface area contributed by atoms with E-state index in [2.05, 4.69) is 20.3 Å². The van der Waals surface area contributed by atoms with Crippen molar-refractivity contribution in [3.05, 3.63) is 29.5 Å². The van der Waals surface area contributed by atoms with E-state index in [1.54, 1.807) is 12.1 Å². The summed E-state index contributed by atoms with van der Waals surface area (Å²) in [6.07, 6.45) is 1.35. The molecule has 17 heavy (non-hydrogen) atoms. The maximum atomic E-state index is 11.0. The van der Waals surface area contributed by atoms with Crippen molar-refractivity contribution in [2.45, 2.75) is 0 Å². The lowest BCUT2D eigenvalue weighted by Crippen LogP contribution is -2.11. The van der Waals surface area contributed by atoms with E-state index in [0.29, 0.717) is 0 Å². The number of carbonyl (C=O) groups is 1. The van der Waals surface area contributed by atoms with Crippen LogP contribution in [0.1, 0.15) is 10.5 Å². The van der Waals surface area contributed by atoms with E-state index in [1.807, 2.05) is 17.5 Å². The second kappa shape index (κ2) is 4.74. The lowest BCUT2D eigenvalue weighted by Gasteiger charge is -2.06. The van der Waals surface area contributed by atoms with E-state index in [9.17, 15) is 4.79 Å². The fourth-order valence-corrected chi connectivity index (χ4v) is 1.79. The number of rotatable bonds is 4. The molecule has 0 saturated heterocycles. The zero-order valence-corrected chi connectivity index (χ0v) is 9.81. The van der Waals surface area contributed by atoms with Crippen molar-refractivity contribution in [3.63, 3.8) is 0 Å². The van der Waals surface area contributed by atoms with Gasteiger partial charge in [-0.15, -0.1) is 16.5 Å². The summed E-state index contributed by atoms with van der Waals surface area (Å²) in [6, 6.07) is 3.82. The maximum Gasteiger partial charge on any atom is 0.269 e. The molecule has 0 aliphatic carbocycles. The Balaban J connectivity index is 2.15. The number of H-pyrrole nitrogens is 1. The highest BCUT2D eigenvalue weighted by Crippen LogP contribution is 2.21. The molecule has 0 spiro atoms. The summed E-state index contributed by atoms with van der Waals surface area (Å²) in [5.74, 6) is -0.434. The summed E-state index contributed by atoms with van der Waals surface area (Å²) < 4.78 is 0. The SMILES string of the molecule is CN(/N=N/c1nc[nH]c1C(N)=O)c1cccs1. The number of hydrogen-bond acceptors (Lipinski definition) is 5. The van der Waals surface area contributed by atoms with Gasteiger partial charge >= 0.3 is 0 Å². The number of primary amides is 1. The van der Waals surface area contributed by atoms with Gasteiger partial charge in [0.15, 0.2) is 5.69 Å². The van der Waals surface area contributed by atoms with Crippen LogP contribution in [0.15, 0.2) is 34.2 Å². The highest BCUT2D eigenvalue weighted by molar-refractivity contribution is 7.14. The van der Waals surface area contributed by atoms with E-state index >= 15 is 0 Å². The third-order valence-electron chi connectivity index (χ3n) is 1.96. The van der Waals surface area contributed by atoms with Gasteiger partial charge in [-0.3, -0.25) is 4.79 Å². The molecule has 0 bridgehead atoms. The van der Waals surface area contributed by atoms with Crippen LogP contribution in [0.4, 0.5) is 10.8 Å². The summed E-state index contributed by atoms with van der Waals surface area (Å²) in [6.45, 7) is 0. The summed E-state index contributed by atoms with van der Waals surface area (Å²) in [4.78, 5) is 17.5. The van der Waals surface area contributed by atoms with Gasteiger partial charge in [0, 0.05) is 7.05 Å². The lowest BCUT2D eigenvalue weighted by atomic mass is 10.4. The van der Waals surface area contributed by atoms with Gasteiger partial charge in [0.1, 0.15) is 5.00 Å². The largest absolute Gasteiger partial charge is 0.364 e. The first kappa shape index (κ1) is 11.3. The van der Waals surface area contributed by atoms with Crippen LogP contribution < -0.4 is 10.7 Å². The van der Waals surface area contributed by atoms with Crippen molar-refractivity contribution in [1.29, 1.82) is 0 Å². The molecule has 8 heteroatoms. The number of hydrogen-bond donors (Lipinski definition) is 2. The minimum atomic E-state index is -0.616. The number of aromatic nitrogens is 2. The van der Waals surface area contributed by atoms with Gasteiger partial charge in [0.05, 0.1) is 6.33 Å². The third-order valence-corrected chi connectivity index (χ3v) is 2.90. The Kier molecular flexibility index (Phi) is 3.15. The van der Waals surface area contributed by atoms with Crippen molar-refractivity contribution < 1.29 is 4.79 Å². The molecule has 0 unspecified atom stereocenters. The highest BCUT2D eigenvalue weighted by atomic mass is 32.1. The monoisotopic (exact) mass is 250 g/mol. The molecule has 88 valence electrons. The highest BCUT2D eigenvalue weighted by Gasteiger charge is 2.10. The smallest absolute Gasteiger partial charge is 0.269 e. The second-order valence-electron chi connectivity index (χ2n) is 3.13. The molecule has 0 aliphatic rings. The number of nitrogens with two attached hydrogens (primary N) is 1. The number of anilines is 1. The first-order chi connectivity index (χ1) is 8.18. The van der Waals surface area contributed by atoms with Gasteiger partial charge in [-0.05, 0) is 17.5 Å². The van der Waals surface area contributed by atoms with Gasteiger partial charge in [-0.2, -0.15) is 0 Å². The van der Waals surface area contributed by atoms with E-state index in [4.69, 9.17) is 5.73 Å². The molecule has 2 rings (SSSR count). The minimum absolute atomic E-state index is 0.147. The zero-order valence-electron chi connectivity index (χ0n) is 8.99. The topological polar surface area (TPSA) is 99.7 Å². The Hall–Kier alpha value is -2.22. The van der Waals surface area contributed by atoms with Gasteiger partial charge in [-0.25, -0.2) is 9.99 Å². The number of imidazole rings is 1. The van der Waals surface area contributed by atoms with E-state index in [1.165, 1.54) is 17.7 Å². The summed E-state index contributed by atoms with van der Waals surface area (Å²) >= 11 is 1.53. The number of nitrogens with zero attached hydrogens (tertiary/aromatic N) is 4. The summed E-state index contributed by atoms with van der Waals surface area (Å²) in [5, 5.41) is 12.2. The van der Waals surface area contributed by atoms with Crippen LogP contribution in [0, 0.1) is 0 Å². The molecule has 0 saturated carbocycles. The van der Waals surface area contributed by atoms with E-state index < -0.39 is 5.91 Å². The van der Waals surface area contributed by atoms with Gasteiger partial charge < -0.3 is 10.7 Å². The van der Waals surface area contributed by atoms with E-state index in [-0.39, 0.29) is 11.5 Å². The molecule has 0 atom stereocenters. The number of aromatic amines is 1. The normalized spacial score (nSPS) is 10.9. The van der Waals surface area contributed by atoms with Crippen molar-refractivity contribution in [2.24, 2.45) is 16.1 Å². The minimum Gasteiger partial charge on any atom is -0.364 e. The van der Waals surface area contributed by atoms with Gasteiger partial charge in [0.2, 0.25) is 5.82 Å². The zero-order chi connectivity index (χ0) is 12.3. The molecule has 0 aromatic carbocycles. The molecule has 0 fully saturated rings. The van der Waals surface area contributed by atoms with Crippen molar-refractivity contribution in [3.8, 4) is 0 Å². The number of thiophene rings is 1. The predicted octanol–water partition coefficient (Wildman–Crippen LogP) is 1.71. The first-order valence-corrected chi connectivity index (χ1v) is 5.58. The van der Waals surface area contributed by atoms with Crippen LogP contribution in [0.3, 0.4) is 0 Å². The molecule has 3 N–H and O–H groups in total. The molecular formula is C9H10N6OS. The van der Waals surface area contributed by atoms with Crippen LogP contribution in [0.2, 0.25) is 0 Å². The second-order valence-corrected chi connectivity index (χ2v) is 4.06. The Labute approximate surface area is 101 Å². The molecule has 2 aromatic rings. The number of carbonyl (C=O) groups excluding carboxylic acids is 1. The van der Waals surface area contributed by atoms with Gasteiger partial charge in [0.25, 0.3) is 5.91 Å². The first-order valence-electron chi connectivity index (χ1n) is 4.70. The van der Waals surface area contributed by atoms with Crippen LogP contribution in [0.25, 0.3) is 0 Å². The Morgan fingerprint density at radius 2 is 2.47 bits per heavy atom. The molecule has 2 heterocycles. The fraction of sp³-hybridized carbons (Fsp3) is 0.111. The average molecular weight is 250 g/mol. The number of amides is 1. The van der Waals surface area contributed by atoms with Crippen LogP contribution >= 0.6 is 11.3 Å². The number of nitrogens with one attached hydrogen (secondary N) is 1. The molecule has 1 amide bonds. The fourth-order valence-electron chi connectivity index (χ4n) is 1.15. The Bertz CT molecular complexity index is 531. The Morgan fingerprint density at radius 1 is 1.65 bits per heavy atom. The Morgan fingerprint density at radius 3 is 3.12 bits per heavy atom. The lowest BCUT2D eigenvalue weighted by molar-refractivity contribution is 0.0996. The van der Waals surface area contributed by atoms with Gasteiger partial charge in [-0.1, -0.05) is 5.22 Å². The van der Waals surface area contributed by atoms with Crippen molar-refractivity contribution >= 4 is 28.1 Å². The predicted molar refractivity (Wildman–Crippen MR) is 64.3 cm³/mol. The molecule has 0 radical (unpaired) electrons. The standard InChI is InChI=1S/C9H10N6OS/c1-15(6-3-2-4-17-6)14-13-9-7(8(10)16)11-5-12-9/h2-5H,1H3,(H2,10,16)(H,11,12)/b14-13+. The molecule has 7 nitrogen and oxygen atoms in total. The quantitative estimate of drug-likeness (QED) is 0.638. The summed E-state index contributed by atoms with van der Waals surface area (Å²) in [7, 11) is 1.76. The third kappa shape index (κ3) is 2.48. The van der Waals surface area contributed by atoms with Crippen LogP contribution in [-0.4, -0.2) is 22.9 Å². The van der Waals surface area contributed by atoms with Crippen LogP contribution in [0.5, 0.6) is 0 Å². The summed E-state index contributed by atoms with van der Waals surface area (Å²) in [5.41, 5.74) is 5.28. The van der Waals surface area contributed by atoms with Crippen molar-refractivity contribution in [1.82, 2.24) is 9.97 Å². The van der Waals surface area contributed by atoms with E-state index in [0.717, 1.165) is 5.00 Å². The van der Waals surface area contributed by atoms with Crippen LogP contribution in [-0.2, 0) is 0 Å². The van der Waals surface area contributed by atoms with Crippen molar-refractivity contribution in [2.75, 3.05) is 12.1 Å². The average Bonchev–Trinajstić information content (AvgIpc) is 2.96. The molecule has 2 aromatic heterocycles. The molecular weight excluding hydrogens is 240 g/mol. The molecule has 0 aliphatic heterocycles.